The summed E-state index contributed by atoms with van der Waals surface area (Å²) in [7, 11) is 0. The molecule has 7 nitrogen and oxygen atoms in total. The molecule has 0 radical (unpaired) electrons. The van der Waals surface area contributed by atoms with E-state index >= 15 is 0 Å². The molecule has 0 spiro atoms. The van der Waals surface area contributed by atoms with Gasteiger partial charge in [-0.25, -0.2) is 4.98 Å². The number of thioether (sulfide) groups is 1. The third-order valence-corrected chi connectivity index (χ3v) is 5.86. The van der Waals surface area contributed by atoms with Crippen LogP contribution in [0.2, 0.25) is 0 Å². The highest BCUT2D eigenvalue weighted by atomic mass is 32.2. The number of morpholine rings is 1. The van der Waals surface area contributed by atoms with Crippen molar-refractivity contribution in [1.29, 1.82) is 0 Å². The summed E-state index contributed by atoms with van der Waals surface area (Å²) < 4.78 is 5.40. The Labute approximate surface area is 180 Å². The molecule has 2 heterocycles. The van der Waals surface area contributed by atoms with Crippen LogP contribution in [0.25, 0.3) is 11.4 Å². The van der Waals surface area contributed by atoms with Crippen molar-refractivity contribution in [3.63, 3.8) is 0 Å². The first kappa shape index (κ1) is 20.6. The molecule has 1 aliphatic rings. The number of benzene rings is 2. The van der Waals surface area contributed by atoms with E-state index in [1.165, 1.54) is 27.8 Å². The molecule has 3 N–H and O–H groups in total. The van der Waals surface area contributed by atoms with Crippen LogP contribution in [-0.4, -0.2) is 53.1 Å². The standard InChI is InChI=1S/C22H25N5O2S/c1-16-2-6-18(7-3-16)21-24-22(26-25-21)30-15-20(28)23-19-8-4-17(5-9-19)14-27-10-12-29-13-11-27/h2-9H,10-15H2,1H3,(H,23,28)(H,24,25,26)/p+1. The molecule has 0 bridgehead atoms. The topological polar surface area (TPSA) is 84.3 Å². The van der Waals surface area contributed by atoms with E-state index < -0.39 is 0 Å². The van der Waals surface area contributed by atoms with Crippen molar-refractivity contribution in [2.24, 2.45) is 0 Å². The van der Waals surface area contributed by atoms with E-state index in [9.17, 15) is 4.79 Å². The Balaban J connectivity index is 1.25. The van der Waals surface area contributed by atoms with Gasteiger partial charge in [0.25, 0.3) is 0 Å². The zero-order chi connectivity index (χ0) is 20.8. The summed E-state index contributed by atoms with van der Waals surface area (Å²) in [6.07, 6.45) is 0. The number of rotatable bonds is 7. The molecule has 0 saturated carbocycles. The monoisotopic (exact) mass is 424 g/mol. The first-order valence-electron chi connectivity index (χ1n) is 10.1. The van der Waals surface area contributed by atoms with Gasteiger partial charge in [0.15, 0.2) is 5.82 Å². The van der Waals surface area contributed by atoms with Crippen molar-refractivity contribution in [1.82, 2.24) is 15.2 Å². The number of carbonyl (C=O) groups excluding carboxylic acids is 1. The SMILES string of the molecule is Cc1ccc(-c2nc(SCC(=O)Nc3ccc(C[NH+]4CCOCC4)cc3)n[nH]2)cc1. The third kappa shape index (κ3) is 5.69. The summed E-state index contributed by atoms with van der Waals surface area (Å²) in [5.74, 6) is 0.884. The van der Waals surface area contributed by atoms with E-state index in [1.54, 1.807) is 0 Å². The van der Waals surface area contributed by atoms with Gasteiger partial charge < -0.3 is 15.0 Å². The lowest BCUT2D eigenvalue weighted by atomic mass is 10.1. The van der Waals surface area contributed by atoms with Gasteiger partial charge in [-0.2, -0.15) is 0 Å². The number of aromatic nitrogens is 3. The van der Waals surface area contributed by atoms with Crippen molar-refractivity contribution in [3.8, 4) is 11.4 Å². The molecule has 0 unspecified atom stereocenters. The van der Waals surface area contributed by atoms with Gasteiger partial charge in [0.1, 0.15) is 19.6 Å². The molecule has 8 heteroatoms. The van der Waals surface area contributed by atoms with E-state index in [-0.39, 0.29) is 11.7 Å². The molecule has 1 saturated heterocycles. The van der Waals surface area contributed by atoms with Crippen LogP contribution in [0.5, 0.6) is 0 Å². The Morgan fingerprint density at radius 1 is 1.13 bits per heavy atom. The van der Waals surface area contributed by atoms with Crippen molar-refractivity contribution in [2.75, 3.05) is 37.4 Å². The Morgan fingerprint density at radius 2 is 1.87 bits per heavy atom. The number of amides is 1. The second kappa shape index (κ2) is 9.88. The second-order valence-corrected chi connectivity index (χ2v) is 8.35. The fourth-order valence-electron chi connectivity index (χ4n) is 3.31. The first-order valence-corrected chi connectivity index (χ1v) is 11.1. The average molecular weight is 425 g/mol. The van der Waals surface area contributed by atoms with Gasteiger partial charge in [0.2, 0.25) is 11.1 Å². The van der Waals surface area contributed by atoms with Crippen LogP contribution >= 0.6 is 11.8 Å². The fourth-order valence-corrected chi connectivity index (χ4v) is 3.91. The smallest absolute Gasteiger partial charge is 0.234 e. The summed E-state index contributed by atoms with van der Waals surface area (Å²) in [5, 5.41) is 10.6. The Kier molecular flexibility index (Phi) is 6.78. The molecule has 30 heavy (non-hydrogen) atoms. The van der Waals surface area contributed by atoms with E-state index in [0.29, 0.717) is 11.0 Å². The highest BCUT2D eigenvalue weighted by Gasteiger charge is 2.14. The molecular formula is C22H26N5O2S+. The van der Waals surface area contributed by atoms with Crippen LogP contribution in [0.15, 0.2) is 53.7 Å². The minimum Gasteiger partial charge on any atom is -0.370 e. The third-order valence-electron chi connectivity index (χ3n) is 5.01. The van der Waals surface area contributed by atoms with Gasteiger partial charge >= 0.3 is 0 Å². The van der Waals surface area contributed by atoms with Crippen LogP contribution in [-0.2, 0) is 16.1 Å². The molecule has 1 fully saturated rings. The number of nitrogens with one attached hydrogen (secondary N) is 3. The van der Waals surface area contributed by atoms with Crippen LogP contribution in [0.4, 0.5) is 5.69 Å². The summed E-state index contributed by atoms with van der Waals surface area (Å²) in [6.45, 7) is 6.78. The molecule has 0 atom stereocenters. The van der Waals surface area contributed by atoms with Crippen LogP contribution in [0.3, 0.4) is 0 Å². The molecule has 1 aromatic heterocycles. The first-order chi connectivity index (χ1) is 14.7. The molecule has 1 amide bonds. The van der Waals surface area contributed by atoms with Crippen LogP contribution in [0.1, 0.15) is 11.1 Å². The number of hydrogen-bond donors (Lipinski definition) is 3. The molecule has 156 valence electrons. The summed E-state index contributed by atoms with van der Waals surface area (Å²) in [5.41, 5.74) is 4.24. The lowest BCUT2D eigenvalue weighted by Gasteiger charge is -2.23. The van der Waals surface area contributed by atoms with Gasteiger partial charge in [0, 0.05) is 16.8 Å². The minimum atomic E-state index is -0.0757. The summed E-state index contributed by atoms with van der Waals surface area (Å²) in [6, 6.07) is 16.1. The number of anilines is 1. The summed E-state index contributed by atoms with van der Waals surface area (Å²) >= 11 is 1.31. The number of aromatic amines is 1. The lowest BCUT2D eigenvalue weighted by molar-refractivity contribution is -0.921. The zero-order valence-electron chi connectivity index (χ0n) is 17.0. The number of carbonyl (C=O) groups is 1. The fraction of sp³-hybridized carbons (Fsp3) is 0.318. The quantitative estimate of drug-likeness (QED) is 0.505. The maximum absolute atomic E-state index is 12.3. The van der Waals surface area contributed by atoms with Crippen molar-refractivity contribution < 1.29 is 14.4 Å². The highest BCUT2D eigenvalue weighted by molar-refractivity contribution is 7.99. The predicted molar refractivity (Wildman–Crippen MR) is 118 cm³/mol. The lowest BCUT2D eigenvalue weighted by Crippen LogP contribution is -3.12. The number of nitrogens with zero attached hydrogens (tertiary/aromatic N) is 2. The number of H-pyrrole nitrogens is 1. The molecule has 2 aromatic carbocycles. The van der Waals surface area contributed by atoms with Crippen molar-refractivity contribution in [2.45, 2.75) is 18.6 Å². The van der Waals surface area contributed by atoms with E-state index in [2.05, 4.69) is 32.6 Å². The number of ether oxygens (including phenoxy) is 1. The van der Waals surface area contributed by atoms with Crippen molar-refractivity contribution >= 4 is 23.4 Å². The molecule has 1 aliphatic heterocycles. The maximum Gasteiger partial charge on any atom is 0.234 e. The maximum atomic E-state index is 12.3. The van der Waals surface area contributed by atoms with Crippen LogP contribution in [0, 0.1) is 6.92 Å². The second-order valence-electron chi connectivity index (χ2n) is 7.41. The van der Waals surface area contributed by atoms with E-state index in [4.69, 9.17) is 4.74 Å². The highest BCUT2D eigenvalue weighted by Crippen LogP contribution is 2.20. The van der Waals surface area contributed by atoms with E-state index in [1.807, 2.05) is 43.3 Å². The van der Waals surface area contributed by atoms with Gasteiger partial charge in [-0.05, 0) is 19.1 Å². The van der Waals surface area contributed by atoms with Gasteiger partial charge in [0.05, 0.1) is 19.0 Å². The molecular weight excluding hydrogens is 398 g/mol. The summed E-state index contributed by atoms with van der Waals surface area (Å²) in [4.78, 5) is 18.3. The van der Waals surface area contributed by atoms with Gasteiger partial charge in [-0.1, -0.05) is 53.7 Å². The Morgan fingerprint density at radius 3 is 2.60 bits per heavy atom. The number of hydrogen-bond acceptors (Lipinski definition) is 5. The zero-order valence-corrected chi connectivity index (χ0v) is 17.8. The normalized spacial score (nSPS) is 14.6. The van der Waals surface area contributed by atoms with E-state index in [0.717, 1.165) is 44.1 Å². The Hall–Kier alpha value is -2.68. The van der Waals surface area contributed by atoms with Crippen molar-refractivity contribution in [3.05, 3.63) is 59.7 Å². The predicted octanol–water partition coefficient (Wildman–Crippen LogP) is 1.93. The van der Waals surface area contributed by atoms with Gasteiger partial charge in [-0.15, -0.1) is 5.10 Å². The molecule has 3 aromatic rings. The number of aryl methyl sites for hydroxylation is 1. The minimum absolute atomic E-state index is 0.0757. The molecule has 4 rings (SSSR count). The Bertz CT molecular complexity index is 966. The van der Waals surface area contributed by atoms with Gasteiger partial charge in [-0.3, -0.25) is 9.89 Å². The largest absolute Gasteiger partial charge is 0.370 e. The average Bonchev–Trinajstić information content (AvgIpc) is 3.24. The number of quaternary nitrogens is 1. The van der Waals surface area contributed by atoms with Crippen LogP contribution < -0.4 is 10.2 Å². The molecule has 0 aliphatic carbocycles.